The van der Waals surface area contributed by atoms with Crippen LogP contribution in [-0.4, -0.2) is 23.6 Å². The number of aryl methyl sites for hydroxylation is 2. The summed E-state index contributed by atoms with van der Waals surface area (Å²) in [4.78, 5) is 25.2. The topological polar surface area (TPSA) is 75.6 Å². The zero-order chi connectivity index (χ0) is 18.0. The number of hydrogen-bond acceptors (Lipinski definition) is 4. The molecular formula is C19H21NO4S. The van der Waals surface area contributed by atoms with E-state index in [0.717, 1.165) is 23.3 Å². The molecule has 0 aliphatic heterocycles. The van der Waals surface area contributed by atoms with E-state index in [2.05, 4.69) is 12.2 Å². The monoisotopic (exact) mass is 359 g/mol. The number of benzene rings is 1. The van der Waals surface area contributed by atoms with Gasteiger partial charge in [0, 0.05) is 10.6 Å². The molecule has 6 heteroatoms. The second-order valence-electron chi connectivity index (χ2n) is 6.52. The molecule has 5 nitrogen and oxygen atoms in total. The van der Waals surface area contributed by atoms with Crippen molar-refractivity contribution in [2.24, 2.45) is 5.92 Å². The summed E-state index contributed by atoms with van der Waals surface area (Å²) in [6.07, 6.45) is 3.29. The number of thiophene rings is 1. The Morgan fingerprint density at radius 1 is 1.36 bits per heavy atom. The minimum Gasteiger partial charge on any atom is -0.482 e. The first-order valence-corrected chi connectivity index (χ1v) is 9.12. The third-order valence-electron chi connectivity index (χ3n) is 4.36. The number of carbonyl (C=O) groups is 2. The molecule has 0 spiro atoms. The van der Waals surface area contributed by atoms with Crippen molar-refractivity contribution >= 4 is 28.9 Å². The molecule has 1 heterocycles. The van der Waals surface area contributed by atoms with Crippen molar-refractivity contribution in [2.75, 3.05) is 11.9 Å². The number of nitrogens with one attached hydrogen (secondary N) is 1. The van der Waals surface area contributed by atoms with Gasteiger partial charge in [-0.05, 0) is 67.5 Å². The van der Waals surface area contributed by atoms with E-state index in [4.69, 9.17) is 9.84 Å². The average Bonchev–Trinajstić information content (AvgIpc) is 2.98. The molecule has 0 radical (unpaired) electrons. The lowest BCUT2D eigenvalue weighted by molar-refractivity contribution is -0.139. The fraction of sp³-hybridized carbons (Fsp3) is 0.368. The molecule has 25 heavy (non-hydrogen) atoms. The SMILES string of the molecule is Cc1cc(OCC(=O)O)ccc1NC(=O)c1cc2c(s1)CCC(C)C2. The minimum absolute atomic E-state index is 0.102. The zero-order valence-electron chi connectivity index (χ0n) is 14.3. The highest BCUT2D eigenvalue weighted by Crippen LogP contribution is 2.32. The number of amides is 1. The lowest BCUT2D eigenvalue weighted by Crippen LogP contribution is -2.12. The molecule has 0 fully saturated rings. The van der Waals surface area contributed by atoms with Gasteiger partial charge in [-0.25, -0.2) is 4.79 Å². The van der Waals surface area contributed by atoms with Crippen molar-refractivity contribution < 1.29 is 19.4 Å². The molecule has 2 N–H and O–H groups in total. The molecule has 1 aliphatic carbocycles. The molecule has 1 aliphatic rings. The van der Waals surface area contributed by atoms with E-state index in [1.165, 1.54) is 16.9 Å². The van der Waals surface area contributed by atoms with Gasteiger partial charge in [0.25, 0.3) is 5.91 Å². The van der Waals surface area contributed by atoms with Gasteiger partial charge >= 0.3 is 5.97 Å². The van der Waals surface area contributed by atoms with Crippen LogP contribution in [-0.2, 0) is 17.6 Å². The summed E-state index contributed by atoms with van der Waals surface area (Å²) in [6, 6.07) is 7.14. The molecule has 1 unspecified atom stereocenters. The van der Waals surface area contributed by atoms with E-state index in [-0.39, 0.29) is 12.5 Å². The van der Waals surface area contributed by atoms with Crippen molar-refractivity contribution in [3.05, 3.63) is 45.1 Å². The summed E-state index contributed by atoms with van der Waals surface area (Å²) >= 11 is 1.58. The first-order valence-electron chi connectivity index (χ1n) is 8.30. The molecule has 0 saturated heterocycles. The van der Waals surface area contributed by atoms with Gasteiger partial charge in [0.2, 0.25) is 0 Å². The van der Waals surface area contributed by atoms with Gasteiger partial charge in [-0.1, -0.05) is 6.92 Å². The number of fused-ring (bicyclic) bond motifs is 1. The standard InChI is InChI=1S/C19H21NO4S/c1-11-3-6-16-13(7-11)9-17(25-16)19(23)20-15-5-4-14(8-12(15)2)24-10-18(21)22/h4-5,8-9,11H,3,6-7,10H2,1-2H3,(H,20,23)(H,21,22). The molecule has 1 amide bonds. The second kappa shape index (κ2) is 7.27. The van der Waals surface area contributed by atoms with E-state index in [1.807, 2.05) is 13.0 Å². The van der Waals surface area contributed by atoms with Gasteiger partial charge in [-0.3, -0.25) is 4.79 Å². The van der Waals surface area contributed by atoms with Gasteiger partial charge in [0.1, 0.15) is 5.75 Å². The number of hydrogen-bond donors (Lipinski definition) is 2. The van der Waals surface area contributed by atoms with Crippen LogP contribution in [0.2, 0.25) is 0 Å². The summed E-state index contributed by atoms with van der Waals surface area (Å²) in [5.41, 5.74) is 2.83. The van der Waals surface area contributed by atoms with Gasteiger partial charge < -0.3 is 15.2 Å². The van der Waals surface area contributed by atoms with Crippen LogP contribution in [0.25, 0.3) is 0 Å². The summed E-state index contributed by atoms with van der Waals surface area (Å²) in [5, 5.41) is 11.6. The van der Waals surface area contributed by atoms with Crippen molar-refractivity contribution in [1.82, 2.24) is 0 Å². The number of carboxylic acid groups (broad SMARTS) is 1. The normalized spacial score (nSPS) is 16.2. The number of anilines is 1. The quantitative estimate of drug-likeness (QED) is 0.849. The number of carbonyl (C=O) groups excluding carboxylic acids is 1. The maximum Gasteiger partial charge on any atom is 0.341 e. The molecule has 2 aromatic rings. The van der Waals surface area contributed by atoms with Crippen molar-refractivity contribution in [3.63, 3.8) is 0 Å². The van der Waals surface area contributed by atoms with E-state index >= 15 is 0 Å². The number of rotatable bonds is 5. The van der Waals surface area contributed by atoms with Crippen LogP contribution in [0, 0.1) is 12.8 Å². The third-order valence-corrected chi connectivity index (χ3v) is 5.60. The number of aliphatic carboxylic acids is 1. The van der Waals surface area contributed by atoms with Crippen LogP contribution >= 0.6 is 11.3 Å². The van der Waals surface area contributed by atoms with E-state index in [1.54, 1.807) is 29.5 Å². The highest BCUT2D eigenvalue weighted by molar-refractivity contribution is 7.14. The Bertz CT molecular complexity index is 812. The Labute approximate surface area is 150 Å². The Morgan fingerprint density at radius 2 is 2.16 bits per heavy atom. The van der Waals surface area contributed by atoms with Gasteiger partial charge in [0.15, 0.2) is 6.61 Å². The van der Waals surface area contributed by atoms with Gasteiger partial charge in [0.05, 0.1) is 4.88 Å². The van der Waals surface area contributed by atoms with Crippen LogP contribution in [0.1, 0.15) is 39.0 Å². The predicted octanol–water partition coefficient (Wildman–Crippen LogP) is 3.90. The van der Waals surface area contributed by atoms with Crippen LogP contribution in [0.15, 0.2) is 24.3 Å². The maximum atomic E-state index is 12.6. The molecule has 1 atom stereocenters. The summed E-state index contributed by atoms with van der Waals surface area (Å²) in [5.74, 6) is 0.0254. The van der Waals surface area contributed by atoms with Crippen LogP contribution in [0.4, 0.5) is 5.69 Å². The Morgan fingerprint density at radius 3 is 2.88 bits per heavy atom. The third kappa shape index (κ3) is 4.20. The molecule has 3 rings (SSSR count). The lowest BCUT2D eigenvalue weighted by atomic mass is 9.90. The fourth-order valence-corrected chi connectivity index (χ4v) is 4.12. The van der Waals surface area contributed by atoms with Crippen molar-refractivity contribution in [3.8, 4) is 5.75 Å². The van der Waals surface area contributed by atoms with Crippen molar-refractivity contribution in [2.45, 2.75) is 33.1 Å². The number of ether oxygens (including phenoxy) is 1. The van der Waals surface area contributed by atoms with Crippen LogP contribution < -0.4 is 10.1 Å². The van der Waals surface area contributed by atoms with Gasteiger partial charge in [-0.15, -0.1) is 11.3 Å². The minimum atomic E-state index is -1.02. The molecule has 0 bridgehead atoms. The van der Waals surface area contributed by atoms with Crippen LogP contribution in [0.3, 0.4) is 0 Å². The van der Waals surface area contributed by atoms with E-state index in [9.17, 15) is 9.59 Å². The lowest BCUT2D eigenvalue weighted by Gasteiger charge is -2.16. The number of carboxylic acids is 1. The molecule has 1 aromatic heterocycles. The first-order chi connectivity index (χ1) is 11.9. The van der Waals surface area contributed by atoms with Gasteiger partial charge in [-0.2, -0.15) is 0 Å². The Hall–Kier alpha value is -2.34. The summed E-state index contributed by atoms with van der Waals surface area (Å²) < 4.78 is 5.15. The van der Waals surface area contributed by atoms with E-state index < -0.39 is 5.97 Å². The Balaban J connectivity index is 1.69. The molecule has 1 aromatic carbocycles. The zero-order valence-corrected chi connectivity index (χ0v) is 15.1. The fourth-order valence-electron chi connectivity index (χ4n) is 3.01. The van der Waals surface area contributed by atoms with E-state index in [0.29, 0.717) is 17.4 Å². The maximum absolute atomic E-state index is 12.6. The second-order valence-corrected chi connectivity index (χ2v) is 7.66. The summed E-state index contributed by atoms with van der Waals surface area (Å²) in [7, 11) is 0. The smallest absolute Gasteiger partial charge is 0.341 e. The highest BCUT2D eigenvalue weighted by Gasteiger charge is 2.21. The predicted molar refractivity (Wildman–Crippen MR) is 97.8 cm³/mol. The highest BCUT2D eigenvalue weighted by atomic mass is 32.1. The Kier molecular flexibility index (Phi) is 5.08. The molecular weight excluding hydrogens is 338 g/mol. The van der Waals surface area contributed by atoms with Crippen LogP contribution in [0.5, 0.6) is 5.75 Å². The molecule has 132 valence electrons. The average molecular weight is 359 g/mol. The largest absolute Gasteiger partial charge is 0.482 e. The molecule has 0 saturated carbocycles. The summed E-state index contributed by atoms with van der Waals surface area (Å²) in [6.45, 7) is 3.71. The first kappa shape index (κ1) is 17.5. The van der Waals surface area contributed by atoms with Crippen molar-refractivity contribution in [1.29, 1.82) is 0 Å².